The molecule has 0 aliphatic carbocycles. The van der Waals surface area contributed by atoms with Crippen molar-refractivity contribution in [3.8, 4) is 5.75 Å². The molecule has 1 rings (SSSR count). The van der Waals surface area contributed by atoms with Gasteiger partial charge in [-0.2, -0.15) is 0 Å². The molecule has 8 heteroatoms. The van der Waals surface area contributed by atoms with Crippen LogP contribution in [0.3, 0.4) is 0 Å². The molecule has 0 aliphatic heterocycles. The largest absolute Gasteiger partial charge is 0.491 e. The zero-order chi connectivity index (χ0) is 15.6. The Morgan fingerprint density at radius 3 is 2.32 bits per heavy atom. The SMILES string of the molecule is CCCNCCNS(=O)(=O)c1ccc(OCCOC)cc1.Cl. The summed E-state index contributed by atoms with van der Waals surface area (Å²) in [4.78, 5) is 0.233. The summed E-state index contributed by atoms with van der Waals surface area (Å²) in [5, 5.41) is 3.14. The number of halogens is 1. The van der Waals surface area contributed by atoms with Crippen LogP contribution < -0.4 is 14.8 Å². The first-order chi connectivity index (χ1) is 10.1. The van der Waals surface area contributed by atoms with Crippen LogP contribution in [0.2, 0.25) is 0 Å². The summed E-state index contributed by atoms with van der Waals surface area (Å²) in [6.45, 7) is 4.86. The van der Waals surface area contributed by atoms with Crippen LogP contribution >= 0.6 is 12.4 Å². The van der Waals surface area contributed by atoms with E-state index in [2.05, 4.69) is 17.0 Å². The lowest BCUT2D eigenvalue weighted by Gasteiger charge is -2.09. The van der Waals surface area contributed by atoms with Crippen molar-refractivity contribution in [2.24, 2.45) is 0 Å². The van der Waals surface area contributed by atoms with E-state index in [9.17, 15) is 8.42 Å². The molecule has 1 aromatic rings. The predicted molar refractivity (Wildman–Crippen MR) is 89.4 cm³/mol. The molecule has 0 atom stereocenters. The van der Waals surface area contributed by atoms with Crippen LogP contribution in [0, 0.1) is 0 Å². The van der Waals surface area contributed by atoms with Gasteiger partial charge in [-0.15, -0.1) is 12.4 Å². The zero-order valence-electron chi connectivity index (χ0n) is 13.0. The van der Waals surface area contributed by atoms with Gasteiger partial charge in [0.05, 0.1) is 11.5 Å². The highest BCUT2D eigenvalue weighted by Crippen LogP contribution is 2.15. The smallest absolute Gasteiger partial charge is 0.240 e. The van der Waals surface area contributed by atoms with E-state index in [1.54, 1.807) is 19.2 Å². The Balaban J connectivity index is 0.00000441. The maximum Gasteiger partial charge on any atom is 0.240 e. The minimum atomic E-state index is -3.46. The van der Waals surface area contributed by atoms with Crippen molar-refractivity contribution < 1.29 is 17.9 Å². The van der Waals surface area contributed by atoms with E-state index in [1.165, 1.54) is 12.1 Å². The molecule has 0 amide bonds. The van der Waals surface area contributed by atoms with E-state index < -0.39 is 10.0 Å². The summed E-state index contributed by atoms with van der Waals surface area (Å²) in [5.74, 6) is 0.621. The zero-order valence-corrected chi connectivity index (χ0v) is 14.6. The molecule has 2 N–H and O–H groups in total. The van der Waals surface area contributed by atoms with Crippen molar-refractivity contribution in [3.05, 3.63) is 24.3 Å². The maximum absolute atomic E-state index is 12.0. The predicted octanol–water partition coefficient (Wildman–Crippen LogP) is 1.41. The van der Waals surface area contributed by atoms with Gasteiger partial charge < -0.3 is 14.8 Å². The van der Waals surface area contributed by atoms with Crippen LogP contribution in [0.5, 0.6) is 5.75 Å². The van der Waals surface area contributed by atoms with Gasteiger partial charge in [-0.3, -0.25) is 0 Å². The molecule has 128 valence electrons. The standard InChI is InChI=1S/C14H24N2O4S.ClH/c1-3-8-15-9-10-16-21(17,18)14-6-4-13(5-7-14)20-12-11-19-2;/h4-7,15-16H,3,8-12H2,1-2H3;1H. The number of hydrogen-bond acceptors (Lipinski definition) is 5. The summed E-state index contributed by atoms with van der Waals surface area (Å²) in [6.07, 6.45) is 1.03. The second kappa shape index (κ2) is 11.7. The third-order valence-electron chi connectivity index (χ3n) is 2.71. The van der Waals surface area contributed by atoms with Gasteiger partial charge in [0, 0.05) is 20.2 Å². The van der Waals surface area contributed by atoms with Crippen molar-refractivity contribution in [2.75, 3.05) is 40.0 Å². The minimum absolute atomic E-state index is 0. The summed E-state index contributed by atoms with van der Waals surface area (Å²) in [5.41, 5.74) is 0. The van der Waals surface area contributed by atoms with Gasteiger partial charge in [-0.25, -0.2) is 13.1 Å². The molecular formula is C14H25ClN2O4S. The van der Waals surface area contributed by atoms with Crippen molar-refractivity contribution in [2.45, 2.75) is 18.2 Å². The Hall–Kier alpha value is -0.860. The van der Waals surface area contributed by atoms with Gasteiger partial charge in [-0.05, 0) is 37.2 Å². The van der Waals surface area contributed by atoms with Crippen LogP contribution in [0.4, 0.5) is 0 Å². The van der Waals surface area contributed by atoms with Crippen LogP contribution in [0.1, 0.15) is 13.3 Å². The number of methoxy groups -OCH3 is 1. The highest BCUT2D eigenvalue weighted by molar-refractivity contribution is 7.89. The van der Waals surface area contributed by atoms with E-state index in [-0.39, 0.29) is 17.3 Å². The lowest BCUT2D eigenvalue weighted by atomic mass is 10.3. The molecule has 0 aromatic heterocycles. The molecule has 0 aliphatic rings. The van der Waals surface area contributed by atoms with E-state index in [4.69, 9.17) is 9.47 Å². The number of nitrogens with one attached hydrogen (secondary N) is 2. The van der Waals surface area contributed by atoms with Crippen LogP contribution in [0.15, 0.2) is 29.2 Å². The Morgan fingerprint density at radius 1 is 1.05 bits per heavy atom. The van der Waals surface area contributed by atoms with Gasteiger partial charge >= 0.3 is 0 Å². The number of benzene rings is 1. The Morgan fingerprint density at radius 2 is 1.73 bits per heavy atom. The molecule has 1 aromatic carbocycles. The summed E-state index contributed by atoms with van der Waals surface area (Å²) in [6, 6.07) is 6.34. The summed E-state index contributed by atoms with van der Waals surface area (Å²) >= 11 is 0. The third kappa shape index (κ3) is 7.95. The van der Waals surface area contributed by atoms with E-state index in [0.717, 1.165) is 13.0 Å². The Labute approximate surface area is 139 Å². The van der Waals surface area contributed by atoms with E-state index in [0.29, 0.717) is 32.1 Å². The maximum atomic E-state index is 12.0. The molecule has 0 radical (unpaired) electrons. The molecule has 6 nitrogen and oxygen atoms in total. The second-order valence-corrected chi connectivity index (χ2v) is 6.23. The molecule has 0 saturated heterocycles. The van der Waals surface area contributed by atoms with Crippen LogP contribution in [-0.2, 0) is 14.8 Å². The van der Waals surface area contributed by atoms with E-state index in [1.807, 2.05) is 0 Å². The van der Waals surface area contributed by atoms with Gasteiger partial charge in [0.2, 0.25) is 10.0 Å². The number of sulfonamides is 1. The van der Waals surface area contributed by atoms with Gasteiger partial charge in [0.25, 0.3) is 0 Å². The number of hydrogen-bond donors (Lipinski definition) is 2. The molecule has 0 heterocycles. The Kier molecular flexibility index (Phi) is 11.2. The van der Waals surface area contributed by atoms with Gasteiger partial charge in [0.15, 0.2) is 0 Å². The second-order valence-electron chi connectivity index (χ2n) is 4.46. The quantitative estimate of drug-likeness (QED) is 0.589. The molecule has 0 bridgehead atoms. The van der Waals surface area contributed by atoms with Crippen molar-refractivity contribution in [1.29, 1.82) is 0 Å². The third-order valence-corrected chi connectivity index (χ3v) is 4.19. The number of rotatable bonds is 11. The molecule has 22 heavy (non-hydrogen) atoms. The van der Waals surface area contributed by atoms with E-state index >= 15 is 0 Å². The summed E-state index contributed by atoms with van der Waals surface area (Å²) < 4.78 is 36.9. The normalized spacial score (nSPS) is 11.0. The first kappa shape index (κ1) is 21.1. The minimum Gasteiger partial charge on any atom is -0.491 e. The van der Waals surface area contributed by atoms with Gasteiger partial charge in [-0.1, -0.05) is 6.92 Å². The van der Waals surface area contributed by atoms with Gasteiger partial charge in [0.1, 0.15) is 12.4 Å². The highest BCUT2D eigenvalue weighted by atomic mass is 35.5. The topological polar surface area (TPSA) is 76.7 Å². The lowest BCUT2D eigenvalue weighted by Crippen LogP contribution is -2.32. The molecular weight excluding hydrogens is 328 g/mol. The Bertz CT molecular complexity index is 494. The molecule has 0 saturated carbocycles. The van der Waals surface area contributed by atoms with Crippen molar-refractivity contribution in [3.63, 3.8) is 0 Å². The fourth-order valence-corrected chi connectivity index (χ4v) is 2.65. The van der Waals surface area contributed by atoms with Crippen molar-refractivity contribution >= 4 is 22.4 Å². The summed E-state index contributed by atoms with van der Waals surface area (Å²) in [7, 11) is -1.86. The van der Waals surface area contributed by atoms with Crippen molar-refractivity contribution in [1.82, 2.24) is 10.0 Å². The molecule has 0 unspecified atom stereocenters. The molecule has 0 spiro atoms. The fraction of sp³-hybridized carbons (Fsp3) is 0.571. The average Bonchev–Trinajstić information content (AvgIpc) is 2.48. The molecule has 0 fully saturated rings. The van der Waals surface area contributed by atoms with Crippen LogP contribution in [0.25, 0.3) is 0 Å². The monoisotopic (exact) mass is 352 g/mol. The van der Waals surface area contributed by atoms with Crippen LogP contribution in [-0.4, -0.2) is 48.4 Å². The lowest BCUT2D eigenvalue weighted by molar-refractivity contribution is 0.146. The first-order valence-corrected chi connectivity index (χ1v) is 8.50. The average molecular weight is 353 g/mol. The fourth-order valence-electron chi connectivity index (χ4n) is 1.62. The highest BCUT2D eigenvalue weighted by Gasteiger charge is 2.12. The number of ether oxygens (including phenoxy) is 2. The first-order valence-electron chi connectivity index (χ1n) is 7.02.